The Labute approximate surface area is 254 Å². The lowest BCUT2D eigenvalue weighted by Gasteiger charge is -2.23. The standard InChI is InChI=1S/C34H38F4N2O4/c1-34(2,3)16-15-21(33(43)44-23-9-4-5-10-23)8-6-7-20-17-27(37)30(28(38)18-20)40-29(41)14-13-25(32(40)39)31(42)24-12-11-22(35)19-26(24)36/h11-14,17-19,21,23H,4-10,15-16,39H2,1-3H3/t21-/m0/s1. The average molecular weight is 615 g/mol. The number of nitrogen functional groups attached to an aromatic ring is 1. The van der Waals surface area contributed by atoms with E-state index in [-0.39, 0.29) is 35.4 Å². The molecule has 1 aliphatic rings. The summed E-state index contributed by atoms with van der Waals surface area (Å²) >= 11 is 0. The van der Waals surface area contributed by atoms with Crippen molar-refractivity contribution >= 4 is 17.6 Å². The molecule has 0 spiro atoms. The minimum atomic E-state index is -1.15. The fourth-order valence-corrected chi connectivity index (χ4v) is 5.58. The van der Waals surface area contributed by atoms with Gasteiger partial charge in [0.05, 0.1) is 17.0 Å². The van der Waals surface area contributed by atoms with Gasteiger partial charge in [-0.3, -0.25) is 19.0 Å². The molecule has 1 atom stereocenters. The van der Waals surface area contributed by atoms with E-state index < -0.39 is 51.7 Å². The summed E-state index contributed by atoms with van der Waals surface area (Å²) in [7, 11) is 0. The van der Waals surface area contributed by atoms with Crippen molar-refractivity contribution in [2.24, 2.45) is 11.3 Å². The van der Waals surface area contributed by atoms with E-state index in [0.29, 0.717) is 35.5 Å². The highest BCUT2D eigenvalue weighted by Crippen LogP contribution is 2.30. The molecule has 0 unspecified atom stereocenters. The second-order valence-corrected chi connectivity index (χ2v) is 12.7. The molecule has 236 valence electrons. The van der Waals surface area contributed by atoms with E-state index >= 15 is 8.78 Å². The third-order valence-corrected chi connectivity index (χ3v) is 8.03. The average Bonchev–Trinajstić information content (AvgIpc) is 3.44. The predicted molar refractivity (Wildman–Crippen MR) is 160 cm³/mol. The number of nitrogens with zero attached hydrogens (tertiary/aromatic N) is 1. The highest BCUT2D eigenvalue weighted by atomic mass is 19.1. The van der Waals surface area contributed by atoms with Crippen molar-refractivity contribution in [1.29, 1.82) is 0 Å². The number of pyridine rings is 1. The smallest absolute Gasteiger partial charge is 0.309 e. The first-order valence-corrected chi connectivity index (χ1v) is 14.9. The van der Waals surface area contributed by atoms with E-state index in [1.165, 1.54) is 0 Å². The number of nitrogens with two attached hydrogens (primary N) is 1. The van der Waals surface area contributed by atoms with Crippen LogP contribution < -0.4 is 11.3 Å². The zero-order valence-electron chi connectivity index (χ0n) is 25.2. The Morgan fingerprint density at radius 1 is 0.932 bits per heavy atom. The van der Waals surface area contributed by atoms with Gasteiger partial charge in [-0.1, -0.05) is 20.8 Å². The quantitative estimate of drug-likeness (QED) is 0.138. The summed E-state index contributed by atoms with van der Waals surface area (Å²) in [5.41, 5.74) is 3.78. The fraction of sp³-hybridized carbons (Fsp3) is 0.441. The number of ketones is 1. The van der Waals surface area contributed by atoms with Gasteiger partial charge in [-0.2, -0.15) is 0 Å². The van der Waals surface area contributed by atoms with Crippen LogP contribution in [0.1, 0.15) is 93.6 Å². The number of hydrogen-bond donors (Lipinski definition) is 1. The fourth-order valence-electron chi connectivity index (χ4n) is 5.58. The molecule has 0 aliphatic heterocycles. The van der Waals surface area contributed by atoms with Crippen LogP contribution in [0.4, 0.5) is 23.4 Å². The van der Waals surface area contributed by atoms with Crippen LogP contribution >= 0.6 is 0 Å². The molecule has 2 aromatic carbocycles. The van der Waals surface area contributed by atoms with E-state index in [2.05, 4.69) is 20.8 Å². The van der Waals surface area contributed by atoms with Gasteiger partial charge >= 0.3 is 5.97 Å². The lowest BCUT2D eigenvalue weighted by atomic mass is 9.85. The molecule has 4 rings (SSSR count). The SMILES string of the molecule is CC(C)(C)CC[C@H](CCCc1cc(F)c(-n2c(N)c(C(=O)c3ccc(F)cc3F)ccc2=O)c(F)c1)C(=O)OC1CCCC1. The second kappa shape index (κ2) is 13.8. The molecule has 1 heterocycles. The van der Waals surface area contributed by atoms with Gasteiger partial charge in [-0.15, -0.1) is 0 Å². The van der Waals surface area contributed by atoms with Crippen LogP contribution in [0.5, 0.6) is 0 Å². The van der Waals surface area contributed by atoms with Gasteiger partial charge in [0.2, 0.25) is 0 Å². The minimum absolute atomic E-state index is 0.0308. The largest absolute Gasteiger partial charge is 0.462 e. The molecule has 0 amide bonds. The lowest BCUT2D eigenvalue weighted by molar-refractivity contribution is -0.154. The maximum absolute atomic E-state index is 15.4. The lowest BCUT2D eigenvalue weighted by Crippen LogP contribution is -2.25. The molecule has 1 aromatic heterocycles. The molecule has 1 saturated carbocycles. The number of aryl methyl sites for hydroxylation is 1. The van der Waals surface area contributed by atoms with E-state index in [4.69, 9.17) is 10.5 Å². The molecular formula is C34H38F4N2O4. The summed E-state index contributed by atoms with van der Waals surface area (Å²) in [6.45, 7) is 6.30. The summed E-state index contributed by atoms with van der Waals surface area (Å²) in [6.07, 6.45) is 6.49. The maximum atomic E-state index is 15.4. The molecule has 1 aliphatic carbocycles. The zero-order chi connectivity index (χ0) is 32.2. The summed E-state index contributed by atoms with van der Waals surface area (Å²) < 4.78 is 64.7. The van der Waals surface area contributed by atoms with Crippen molar-refractivity contribution in [1.82, 2.24) is 4.57 Å². The van der Waals surface area contributed by atoms with Crippen molar-refractivity contribution in [3.8, 4) is 5.69 Å². The number of rotatable bonds is 11. The molecule has 10 heteroatoms. The van der Waals surface area contributed by atoms with E-state index in [1.54, 1.807) is 0 Å². The first-order chi connectivity index (χ1) is 20.7. The molecule has 0 bridgehead atoms. The molecule has 1 fully saturated rings. The van der Waals surface area contributed by atoms with Gasteiger partial charge in [0.15, 0.2) is 17.4 Å². The molecule has 2 N–H and O–H groups in total. The van der Waals surface area contributed by atoms with E-state index in [9.17, 15) is 23.2 Å². The Kier molecular flexibility index (Phi) is 10.3. The Morgan fingerprint density at radius 2 is 1.57 bits per heavy atom. The van der Waals surface area contributed by atoms with Gasteiger partial charge in [0, 0.05) is 12.1 Å². The van der Waals surface area contributed by atoms with Crippen LogP contribution in [-0.4, -0.2) is 22.4 Å². The monoisotopic (exact) mass is 614 g/mol. The number of carbonyl (C=O) groups is 2. The minimum Gasteiger partial charge on any atom is -0.462 e. The Morgan fingerprint density at radius 3 is 2.18 bits per heavy atom. The molecule has 6 nitrogen and oxygen atoms in total. The molecule has 0 saturated heterocycles. The van der Waals surface area contributed by atoms with Gasteiger partial charge in [-0.25, -0.2) is 17.6 Å². The van der Waals surface area contributed by atoms with Gasteiger partial charge in [-0.05, 0) is 99.1 Å². The number of benzene rings is 2. The molecular weight excluding hydrogens is 576 g/mol. The number of esters is 1. The van der Waals surface area contributed by atoms with Crippen LogP contribution in [0.3, 0.4) is 0 Å². The summed E-state index contributed by atoms with van der Waals surface area (Å²) in [5, 5.41) is 0. The topological polar surface area (TPSA) is 91.4 Å². The van der Waals surface area contributed by atoms with Gasteiger partial charge in [0.25, 0.3) is 5.56 Å². The number of aromatic nitrogens is 1. The van der Waals surface area contributed by atoms with Crippen LogP contribution in [0, 0.1) is 34.6 Å². The Bertz CT molecular complexity index is 1570. The molecule has 0 radical (unpaired) electrons. The highest BCUT2D eigenvalue weighted by molar-refractivity contribution is 6.11. The van der Waals surface area contributed by atoms with Crippen molar-refractivity contribution in [2.75, 3.05) is 5.73 Å². The summed E-state index contributed by atoms with van der Waals surface area (Å²) in [4.78, 5) is 38.6. The van der Waals surface area contributed by atoms with E-state index in [1.807, 2.05) is 0 Å². The van der Waals surface area contributed by atoms with Gasteiger partial charge in [0.1, 0.15) is 29.2 Å². The number of ether oxygens (including phenoxy) is 1. The van der Waals surface area contributed by atoms with Crippen LogP contribution in [0.25, 0.3) is 5.69 Å². The van der Waals surface area contributed by atoms with Crippen molar-refractivity contribution in [3.05, 3.63) is 92.8 Å². The number of carbonyl (C=O) groups excluding carboxylic acids is 2. The third kappa shape index (κ3) is 7.95. The number of halogens is 4. The molecule has 44 heavy (non-hydrogen) atoms. The maximum Gasteiger partial charge on any atom is 0.309 e. The van der Waals surface area contributed by atoms with Crippen molar-refractivity contribution in [2.45, 2.75) is 84.7 Å². The first-order valence-electron chi connectivity index (χ1n) is 14.9. The van der Waals surface area contributed by atoms with Crippen molar-refractivity contribution in [3.63, 3.8) is 0 Å². The number of anilines is 1. The highest BCUT2D eigenvalue weighted by Gasteiger charge is 2.27. The third-order valence-electron chi connectivity index (χ3n) is 8.03. The Balaban J connectivity index is 1.53. The van der Waals surface area contributed by atoms with Crippen LogP contribution in [-0.2, 0) is 16.0 Å². The summed E-state index contributed by atoms with van der Waals surface area (Å²) in [5.74, 6) is -6.36. The Hall–Kier alpha value is -3.95. The van der Waals surface area contributed by atoms with Crippen LogP contribution in [0.2, 0.25) is 0 Å². The number of hydrogen-bond acceptors (Lipinski definition) is 5. The van der Waals surface area contributed by atoms with Gasteiger partial charge < -0.3 is 10.5 Å². The predicted octanol–water partition coefficient (Wildman–Crippen LogP) is 7.46. The first kappa shape index (κ1) is 33.0. The van der Waals surface area contributed by atoms with E-state index in [0.717, 1.165) is 68.5 Å². The summed E-state index contributed by atoms with van der Waals surface area (Å²) in [6, 6.07) is 6.39. The second-order valence-electron chi connectivity index (χ2n) is 12.7. The normalized spacial score (nSPS) is 14.5. The molecule has 3 aromatic rings. The van der Waals surface area contributed by atoms with Crippen molar-refractivity contribution < 1.29 is 31.9 Å². The zero-order valence-corrected chi connectivity index (χ0v) is 25.2. The van der Waals surface area contributed by atoms with Crippen LogP contribution in [0.15, 0.2) is 47.3 Å².